The van der Waals surface area contributed by atoms with Crippen LogP contribution in [0.4, 0.5) is 20.4 Å². The number of nitrogens with two attached hydrogens (primary N) is 1. The molecule has 0 amide bonds. The molecule has 0 spiro atoms. The van der Waals surface area contributed by atoms with E-state index in [1.807, 2.05) is 11.9 Å². The van der Waals surface area contributed by atoms with Crippen LogP contribution in [-0.4, -0.2) is 50.3 Å². The summed E-state index contributed by atoms with van der Waals surface area (Å²) >= 11 is 0. The second-order valence-corrected chi connectivity index (χ2v) is 4.02. The summed E-state index contributed by atoms with van der Waals surface area (Å²) in [6, 6.07) is 0.735. The maximum atomic E-state index is 13.4. The van der Waals surface area contributed by atoms with Crippen LogP contribution in [0.25, 0.3) is 0 Å². The second kappa shape index (κ2) is 7.82. The molecule has 19 heavy (non-hydrogen) atoms. The Kier molecular flexibility index (Phi) is 6.40. The summed E-state index contributed by atoms with van der Waals surface area (Å²) < 4.78 is 31.5. The highest BCUT2D eigenvalue weighted by molar-refractivity contribution is 5.46. The van der Waals surface area contributed by atoms with Crippen LogP contribution in [0, 0.1) is 11.6 Å². The third-order valence-corrected chi connectivity index (χ3v) is 2.53. The van der Waals surface area contributed by atoms with Crippen molar-refractivity contribution in [3.05, 3.63) is 17.7 Å². The summed E-state index contributed by atoms with van der Waals surface area (Å²) in [6.45, 7) is 2.54. The maximum Gasteiger partial charge on any atom is 0.178 e. The number of ether oxygens (including phenoxy) is 1. The van der Waals surface area contributed by atoms with Crippen molar-refractivity contribution in [2.24, 2.45) is 5.84 Å². The lowest BCUT2D eigenvalue weighted by Gasteiger charge is -2.16. The molecule has 8 heteroatoms. The predicted octanol–water partition coefficient (Wildman–Crippen LogP) is 0.635. The van der Waals surface area contributed by atoms with E-state index in [0.29, 0.717) is 19.7 Å². The molecule has 0 aliphatic heterocycles. The number of nitrogen functional groups attached to an aromatic ring is 1. The number of pyridine rings is 1. The third-order valence-electron chi connectivity index (χ3n) is 2.53. The fourth-order valence-electron chi connectivity index (χ4n) is 1.42. The number of anilines is 2. The van der Waals surface area contributed by atoms with E-state index in [9.17, 15) is 8.78 Å². The van der Waals surface area contributed by atoms with Gasteiger partial charge in [-0.3, -0.25) is 0 Å². The van der Waals surface area contributed by atoms with Gasteiger partial charge in [0.2, 0.25) is 0 Å². The molecule has 0 unspecified atom stereocenters. The van der Waals surface area contributed by atoms with E-state index in [2.05, 4.69) is 15.7 Å². The summed E-state index contributed by atoms with van der Waals surface area (Å²) in [4.78, 5) is 5.72. The van der Waals surface area contributed by atoms with E-state index >= 15 is 0 Å². The first kappa shape index (κ1) is 15.5. The number of likely N-dealkylation sites (N-methyl/N-ethyl adjacent to an activating group) is 1. The van der Waals surface area contributed by atoms with Crippen LogP contribution in [0.3, 0.4) is 0 Å². The molecule has 6 nitrogen and oxygen atoms in total. The van der Waals surface area contributed by atoms with E-state index in [-0.39, 0.29) is 11.6 Å². The lowest BCUT2D eigenvalue weighted by molar-refractivity contribution is 0.163. The fraction of sp³-hybridized carbons (Fsp3) is 0.545. The zero-order chi connectivity index (χ0) is 14.3. The minimum absolute atomic E-state index is 0.0329. The van der Waals surface area contributed by atoms with Gasteiger partial charge in [0, 0.05) is 32.8 Å². The zero-order valence-corrected chi connectivity index (χ0v) is 11.0. The van der Waals surface area contributed by atoms with Crippen molar-refractivity contribution < 1.29 is 13.5 Å². The first-order valence-electron chi connectivity index (χ1n) is 5.82. The molecule has 0 aliphatic carbocycles. The van der Waals surface area contributed by atoms with Crippen LogP contribution in [0.2, 0.25) is 0 Å². The van der Waals surface area contributed by atoms with E-state index in [0.717, 1.165) is 12.6 Å². The number of rotatable bonds is 8. The lowest BCUT2D eigenvalue weighted by Crippen LogP contribution is -2.28. The number of hydrazine groups is 1. The fourth-order valence-corrected chi connectivity index (χ4v) is 1.42. The first-order chi connectivity index (χ1) is 9.08. The molecule has 1 heterocycles. The molecule has 0 atom stereocenters. The summed E-state index contributed by atoms with van der Waals surface area (Å²) in [5.41, 5.74) is 2.07. The second-order valence-electron chi connectivity index (χ2n) is 4.02. The number of methoxy groups -OCH3 is 1. The van der Waals surface area contributed by atoms with Gasteiger partial charge in [-0.2, -0.15) is 0 Å². The van der Waals surface area contributed by atoms with Crippen molar-refractivity contribution in [2.45, 2.75) is 0 Å². The Morgan fingerprint density at radius 3 is 2.63 bits per heavy atom. The summed E-state index contributed by atoms with van der Waals surface area (Å²) in [7, 11) is 3.55. The molecule has 0 radical (unpaired) electrons. The molecular formula is C11H19F2N5O. The van der Waals surface area contributed by atoms with Gasteiger partial charge in [-0.25, -0.2) is 19.6 Å². The molecule has 0 aromatic carbocycles. The molecule has 0 bridgehead atoms. The maximum absolute atomic E-state index is 13.4. The van der Waals surface area contributed by atoms with Crippen LogP contribution in [0.15, 0.2) is 6.07 Å². The van der Waals surface area contributed by atoms with Crippen LogP contribution >= 0.6 is 0 Å². The monoisotopic (exact) mass is 275 g/mol. The Labute approximate surface area is 110 Å². The Morgan fingerprint density at radius 2 is 2.00 bits per heavy atom. The van der Waals surface area contributed by atoms with Gasteiger partial charge < -0.3 is 20.4 Å². The topological polar surface area (TPSA) is 75.4 Å². The van der Waals surface area contributed by atoms with Crippen molar-refractivity contribution >= 4 is 11.6 Å². The molecule has 4 N–H and O–H groups in total. The molecule has 1 aromatic heterocycles. The van der Waals surface area contributed by atoms with Crippen molar-refractivity contribution in [3.63, 3.8) is 0 Å². The van der Waals surface area contributed by atoms with Gasteiger partial charge in [0.1, 0.15) is 0 Å². The van der Waals surface area contributed by atoms with Gasteiger partial charge in [0.25, 0.3) is 0 Å². The van der Waals surface area contributed by atoms with Gasteiger partial charge >= 0.3 is 0 Å². The van der Waals surface area contributed by atoms with Gasteiger partial charge in [0.15, 0.2) is 23.3 Å². The number of hydrogen-bond acceptors (Lipinski definition) is 6. The molecule has 0 aliphatic rings. The van der Waals surface area contributed by atoms with Crippen LogP contribution in [0.5, 0.6) is 0 Å². The average Bonchev–Trinajstić information content (AvgIpc) is 2.38. The molecule has 0 saturated heterocycles. The standard InChI is InChI=1S/C11H19F2N5O/c1-18(5-6-19-2)4-3-15-10-8(12)7-9(13)11(16-10)17-14/h7H,3-6,14H2,1-2H3,(H2,15,16,17). The predicted molar refractivity (Wildman–Crippen MR) is 69.8 cm³/mol. The molecule has 1 aromatic rings. The average molecular weight is 275 g/mol. The quantitative estimate of drug-likeness (QED) is 0.477. The van der Waals surface area contributed by atoms with Crippen molar-refractivity contribution in [3.8, 4) is 0 Å². The van der Waals surface area contributed by atoms with E-state index in [4.69, 9.17) is 10.6 Å². The van der Waals surface area contributed by atoms with E-state index in [1.54, 1.807) is 7.11 Å². The number of nitrogens with zero attached hydrogens (tertiary/aromatic N) is 2. The van der Waals surface area contributed by atoms with Gasteiger partial charge in [-0.05, 0) is 7.05 Å². The first-order valence-corrected chi connectivity index (χ1v) is 5.82. The smallest absolute Gasteiger partial charge is 0.178 e. The summed E-state index contributed by atoms with van der Waals surface area (Å²) in [5, 5.41) is 2.79. The van der Waals surface area contributed by atoms with E-state index < -0.39 is 11.6 Å². The Balaban J connectivity index is 2.49. The minimum Gasteiger partial charge on any atom is -0.383 e. The summed E-state index contributed by atoms with van der Waals surface area (Å²) in [5.74, 6) is 3.26. The van der Waals surface area contributed by atoms with Crippen LogP contribution in [-0.2, 0) is 4.74 Å². The molecule has 0 saturated carbocycles. The van der Waals surface area contributed by atoms with Gasteiger partial charge in [0.05, 0.1) is 6.61 Å². The van der Waals surface area contributed by atoms with Crippen molar-refractivity contribution in [1.82, 2.24) is 9.88 Å². The third kappa shape index (κ3) is 4.93. The normalized spacial score (nSPS) is 10.8. The number of nitrogens with one attached hydrogen (secondary N) is 2. The molecule has 108 valence electrons. The van der Waals surface area contributed by atoms with Crippen LogP contribution < -0.4 is 16.6 Å². The number of hydrogen-bond donors (Lipinski definition) is 3. The Hall–Kier alpha value is -1.51. The largest absolute Gasteiger partial charge is 0.383 e. The molecular weight excluding hydrogens is 256 g/mol. The highest BCUT2D eigenvalue weighted by Crippen LogP contribution is 2.17. The minimum atomic E-state index is -0.831. The Morgan fingerprint density at radius 1 is 1.32 bits per heavy atom. The van der Waals surface area contributed by atoms with Gasteiger partial charge in [-0.15, -0.1) is 0 Å². The van der Waals surface area contributed by atoms with Crippen LogP contribution in [0.1, 0.15) is 0 Å². The summed E-state index contributed by atoms with van der Waals surface area (Å²) in [6.07, 6.45) is 0. The van der Waals surface area contributed by atoms with Crippen molar-refractivity contribution in [2.75, 3.05) is 51.1 Å². The molecule has 0 fully saturated rings. The Bertz CT molecular complexity index is 405. The highest BCUT2D eigenvalue weighted by Gasteiger charge is 2.10. The lowest BCUT2D eigenvalue weighted by atomic mass is 10.4. The van der Waals surface area contributed by atoms with Gasteiger partial charge in [-0.1, -0.05) is 0 Å². The highest BCUT2D eigenvalue weighted by atomic mass is 19.1. The number of halogens is 2. The zero-order valence-electron chi connectivity index (χ0n) is 11.0. The van der Waals surface area contributed by atoms with E-state index in [1.165, 1.54) is 0 Å². The van der Waals surface area contributed by atoms with Crippen molar-refractivity contribution in [1.29, 1.82) is 0 Å². The molecule has 1 rings (SSSR count). The SMILES string of the molecule is COCCN(C)CCNc1nc(NN)c(F)cc1F. The number of aromatic nitrogens is 1.